The fraction of sp³-hybridized carbons (Fsp3) is 0.0833. The number of fused-ring (bicyclic) bond motifs is 1. The van der Waals surface area contributed by atoms with Gasteiger partial charge >= 0.3 is 0 Å². The molecule has 3 rings (SSSR count). The third-order valence-corrected chi connectivity index (χ3v) is 3.30. The number of nitrogen functional groups attached to an aromatic ring is 1. The largest absolute Gasteiger partial charge is 0.480 e. The number of methoxy groups -OCH3 is 1. The van der Waals surface area contributed by atoms with Crippen molar-refractivity contribution in [3.8, 4) is 17.0 Å². The first-order valence-electron chi connectivity index (χ1n) is 5.65. The van der Waals surface area contributed by atoms with Crippen LogP contribution < -0.4 is 10.5 Å². The predicted molar refractivity (Wildman–Crippen MR) is 75.8 cm³/mol. The van der Waals surface area contributed by atoms with Gasteiger partial charge in [0.25, 0.3) is 0 Å². The van der Waals surface area contributed by atoms with Gasteiger partial charge in [0, 0.05) is 18.0 Å². The molecule has 0 atom stereocenters. The maximum atomic E-state index is 13.0. The number of rotatable bonds is 3. The van der Waals surface area contributed by atoms with E-state index in [1.54, 1.807) is 24.5 Å². The van der Waals surface area contributed by atoms with Crippen molar-refractivity contribution in [2.24, 2.45) is 0 Å². The first-order valence-corrected chi connectivity index (χ1v) is 6.33. The molecule has 0 aliphatic heterocycles. The lowest BCUT2D eigenvalue weighted by Gasteiger charge is -2.03. The van der Waals surface area contributed by atoms with Crippen LogP contribution in [0.3, 0.4) is 0 Å². The van der Waals surface area contributed by atoms with Gasteiger partial charge in [-0.25, -0.2) is 18.9 Å². The molecular formula is C12H10FN5OS. The van der Waals surface area contributed by atoms with E-state index >= 15 is 0 Å². The van der Waals surface area contributed by atoms with Crippen LogP contribution >= 0.6 is 12.3 Å². The highest BCUT2D eigenvalue weighted by atomic mass is 32.2. The zero-order chi connectivity index (χ0) is 14.1. The molecule has 3 aromatic heterocycles. The number of nitrogens with two attached hydrogens (primary N) is 1. The molecule has 0 aliphatic rings. The van der Waals surface area contributed by atoms with Gasteiger partial charge < -0.3 is 10.5 Å². The molecule has 0 aliphatic carbocycles. The summed E-state index contributed by atoms with van der Waals surface area (Å²) >= 11 is 0.0611. The minimum Gasteiger partial charge on any atom is -0.480 e. The molecule has 20 heavy (non-hydrogen) atoms. The lowest BCUT2D eigenvalue weighted by Crippen LogP contribution is -1.92. The summed E-state index contributed by atoms with van der Waals surface area (Å²) in [4.78, 5) is 12.1. The summed E-state index contributed by atoms with van der Waals surface area (Å²) < 4.78 is 19.6. The standard InChI is InChI=1S/C12H10FN5OS/c1-19-12-10-8(7-2-3-15-9(14)4-7)5-18(20-13)11(10)16-6-17-12/h2-6H,1H3,(H2,14,15). The van der Waals surface area contributed by atoms with E-state index in [1.165, 1.54) is 17.4 Å². The topological polar surface area (TPSA) is 78.8 Å². The zero-order valence-electron chi connectivity index (χ0n) is 10.4. The highest BCUT2D eigenvalue weighted by molar-refractivity contribution is 7.92. The van der Waals surface area contributed by atoms with Crippen molar-refractivity contribution in [2.75, 3.05) is 12.8 Å². The summed E-state index contributed by atoms with van der Waals surface area (Å²) in [6.07, 6.45) is 4.55. The van der Waals surface area contributed by atoms with E-state index in [-0.39, 0.29) is 12.3 Å². The predicted octanol–water partition coefficient (Wildman–Crippen LogP) is 2.46. The van der Waals surface area contributed by atoms with Gasteiger partial charge in [0.05, 0.1) is 12.5 Å². The Hall–Kier alpha value is -2.35. The Labute approximate surface area is 118 Å². The Morgan fingerprint density at radius 1 is 1.35 bits per heavy atom. The van der Waals surface area contributed by atoms with Gasteiger partial charge in [0.2, 0.25) is 5.88 Å². The van der Waals surface area contributed by atoms with E-state index < -0.39 is 0 Å². The van der Waals surface area contributed by atoms with Crippen LogP contribution in [0.25, 0.3) is 22.2 Å². The zero-order valence-corrected chi connectivity index (χ0v) is 11.3. The molecule has 0 unspecified atom stereocenters. The SMILES string of the molecule is COc1ncnc2c1c(-c1ccnc(N)c1)cn2SF. The number of pyridine rings is 1. The van der Waals surface area contributed by atoms with Gasteiger partial charge in [-0.1, -0.05) is 0 Å². The van der Waals surface area contributed by atoms with Gasteiger partial charge in [-0.3, -0.25) is 0 Å². The van der Waals surface area contributed by atoms with E-state index in [2.05, 4.69) is 15.0 Å². The summed E-state index contributed by atoms with van der Waals surface area (Å²) in [5.74, 6) is 0.764. The summed E-state index contributed by atoms with van der Waals surface area (Å²) in [5.41, 5.74) is 7.66. The molecule has 0 saturated carbocycles. The number of hydrogen-bond acceptors (Lipinski definition) is 6. The number of anilines is 1. The van der Waals surface area contributed by atoms with Crippen molar-refractivity contribution >= 4 is 29.2 Å². The normalized spacial score (nSPS) is 10.9. The van der Waals surface area contributed by atoms with Gasteiger partial charge in [-0.2, -0.15) is 0 Å². The molecule has 0 bridgehead atoms. The first kappa shape index (κ1) is 12.7. The first-order chi connectivity index (χ1) is 9.74. The summed E-state index contributed by atoms with van der Waals surface area (Å²) in [5, 5.41) is 0.630. The number of aromatic nitrogens is 4. The summed E-state index contributed by atoms with van der Waals surface area (Å²) in [6, 6.07) is 3.49. The van der Waals surface area contributed by atoms with E-state index in [1.807, 2.05) is 0 Å². The molecule has 0 radical (unpaired) electrons. The Morgan fingerprint density at radius 3 is 2.90 bits per heavy atom. The Kier molecular flexibility index (Phi) is 3.15. The molecule has 0 saturated heterocycles. The van der Waals surface area contributed by atoms with Crippen LogP contribution in [0.1, 0.15) is 0 Å². The van der Waals surface area contributed by atoms with Crippen LogP contribution in [0.15, 0.2) is 30.9 Å². The van der Waals surface area contributed by atoms with Gasteiger partial charge in [0.15, 0.2) is 18.0 Å². The van der Waals surface area contributed by atoms with Gasteiger partial charge in [-0.05, 0) is 17.7 Å². The Balaban J connectivity index is 2.35. The molecule has 3 aromatic rings. The number of ether oxygens (including phenoxy) is 1. The second-order valence-corrected chi connectivity index (χ2v) is 4.52. The van der Waals surface area contributed by atoms with Crippen LogP contribution in [0.2, 0.25) is 0 Å². The molecule has 0 fully saturated rings. The molecular weight excluding hydrogens is 281 g/mol. The molecule has 102 valence electrons. The van der Waals surface area contributed by atoms with Crippen molar-refractivity contribution in [2.45, 2.75) is 0 Å². The minimum atomic E-state index is 0.0611. The summed E-state index contributed by atoms with van der Waals surface area (Å²) in [7, 11) is 1.51. The average molecular weight is 291 g/mol. The third kappa shape index (κ3) is 1.94. The maximum Gasteiger partial charge on any atom is 0.226 e. The lowest BCUT2D eigenvalue weighted by atomic mass is 10.1. The van der Waals surface area contributed by atoms with E-state index in [0.29, 0.717) is 22.7 Å². The number of halogens is 1. The van der Waals surface area contributed by atoms with Crippen LogP contribution in [-0.2, 0) is 0 Å². The lowest BCUT2D eigenvalue weighted by molar-refractivity contribution is 0.402. The highest BCUT2D eigenvalue weighted by Crippen LogP contribution is 2.36. The Bertz CT molecular complexity index is 776. The van der Waals surface area contributed by atoms with Crippen molar-refractivity contribution in [1.82, 2.24) is 18.9 Å². The monoisotopic (exact) mass is 291 g/mol. The average Bonchev–Trinajstić information content (AvgIpc) is 2.86. The molecule has 6 nitrogen and oxygen atoms in total. The number of hydrogen-bond donors (Lipinski definition) is 1. The van der Waals surface area contributed by atoms with Gasteiger partial charge in [-0.15, -0.1) is 3.89 Å². The molecule has 0 amide bonds. The fourth-order valence-electron chi connectivity index (χ4n) is 2.05. The van der Waals surface area contributed by atoms with Crippen molar-refractivity contribution in [3.05, 3.63) is 30.9 Å². The van der Waals surface area contributed by atoms with Crippen LogP contribution in [0.4, 0.5) is 9.70 Å². The molecule has 8 heteroatoms. The molecule has 0 spiro atoms. The molecule has 0 aromatic carbocycles. The third-order valence-electron chi connectivity index (χ3n) is 2.88. The van der Waals surface area contributed by atoms with E-state index in [0.717, 1.165) is 11.1 Å². The van der Waals surface area contributed by atoms with Crippen molar-refractivity contribution in [3.63, 3.8) is 0 Å². The molecule has 3 heterocycles. The fourth-order valence-corrected chi connectivity index (χ4v) is 2.40. The second-order valence-electron chi connectivity index (χ2n) is 3.99. The highest BCUT2D eigenvalue weighted by Gasteiger charge is 2.17. The van der Waals surface area contributed by atoms with Crippen LogP contribution in [0, 0.1) is 0 Å². The second kappa shape index (κ2) is 4.97. The maximum absolute atomic E-state index is 13.0. The van der Waals surface area contributed by atoms with E-state index in [9.17, 15) is 3.89 Å². The van der Waals surface area contributed by atoms with Crippen molar-refractivity contribution in [1.29, 1.82) is 0 Å². The summed E-state index contributed by atoms with van der Waals surface area (Å²) in [6.45, 7) is 0. The van der Waals surface area contributed by atoms with Crippen molar-refractivity contribution < 1.29 is 8.62 Å². The smallest absolute Gasteiger partial charge is 0.226 e. The minimum absolute atomic E-state index is 0.0611. The van der Waals surface area contributed by atoms with Gasteiger partial charge in [0.1, 0.15) is 12.1 Å². The number of nitrogens with zero attached hydrogens (tertiary/aromatic N) is 4. The van der Waals surface area contributed by atoms with Crippen LogP contribution in [-0.4, -0.2) is 26.0 Å². The molecule has 2 N–H and O–H groups in total. The Morgan fingerprint density at radius 2 is 2.20 bits per heavy atom. The quantitative estimate of drug-likeness (QED) is 0.798. The van der Waals surface area contributed by atoms with E-state index in [4.69, 9.17) is 10.5 Å². The van der Waals surface area contributed by atoms with Crippen LogP contribution in [0.5, 0.6) is 5.88 Å².